The lowest BCUT2D eigenvalue weighted by atomic mass is 10.0. The van der Waals surface area contributed by atoms with Crippen molar-refractivity contribution in [3.05, 3.63) is 23.7 Å². The maximum Gasteiger partial charge on any atom is 0.142 e. The summed E-state index contributed by atoms with van der Waals surface area (Å²) >= 11 is 0. The molecule has 1 aliphatic heterocycles. The van der Waals surface area contributed by atoms with E-state index in [2.05, 4.69) is 5.32 Å². The van der Waals surface area contributed by atoms with Crippen LogP contribution in [-0.2, 0) is 0 Å². The molecule has 10 heavy (non-hydrogen) atoms. The molecule has 0 spiro atoms. The zero-order chi connectivity index (χ0) is 7.56. The van der Waals surface area contributed by atoms with E-state index in [1.165, 1.54) is 6.20 Å². The van der Waals surface area contributed by atoms with Gasteiger partial charge in [0.2, 0.25) is 0 Å². The molecule has 1 rings (SSSR count). The summed E-state index contributed by atoms with van der Waals surface area (Å²) in [7, 11) is 0. The monoisotopic (exact) mass is 141 g/mol. The van der Waals surface area contributed by atoms with Crippen molar-refractivity contribution in [2.45, 2.75) is 13.8 Å². The first-order chi connectivity index (χ1) is 4.72. The van der Waals surface area contributed by atoms with Crippen LogP contribution >= 0.6 is 0 Å². The van der Waals surface area contributed by atoms with E-state index in [0.717, 1.165) is 12.1 Å². The fraction of sp³-hybridized carbons (Fsp3) is 0.500. The average Bonchev–Trinajstić information content (AvgIpc) is 1.88. The molecule has 0 saturated heterocycles. The molecule has 0 fully saturated rings. The van der Waals surface area contributed by atoms with E-state index in [1.54, 1.807) is 0 Å². The van der Waals surface area contributed by atoms with Crippen molar-refractivity contribution in [2.75, 3.05) is 6.54 Å². The summed E-state index contributed by atoms with van der Waals surface area (Å²) in [5, 5.41) is 2.81. The highest BCUT2D eigenvalue weighted by molar-refractivity contribution is 5.29. The second kappa shape index (κ2) is 2.86. The molecule has 0 amide bonds. The molecule has 0 unspecified atom stereocenters. The summed E-state index contributed by atoms with van der Waals surface area (Å²) in [4.78, 5) is 0. The molecule has 0 atom stereocenters. The van der Waals surface area contributed by atoms with Crippen LogP contribution in [0.25, 0.3) is 0 Å². The first-order valence-electron chi connectivity index (χ1n) is 3.51. The molecule has 1 N–H and O–H groups in total. The number of nitrogens with one attached hydrogen (secondary N) is 1. The summed E-state index contributed by atoms with van der Waals surface area (Å²) < 4.78 is 12.8. The Balaban J connectivity index is 2.74. The maximum atomic E-state index is 12.8. The smallest absolute Gasteiger partial charge is 0.142 e. The highest BCUT2D eigenvalue weighted by atomic mass is 19.1. The van der Waals surface area contributed by atoms with Crippen molar-refractivity contribution in [3.8, 4) is 0 Å². The maximum absolute atomic E-state index is 12.8. The number of rotatable bonds is 1. The zero-order valence-corrected chi connectivity index (χ0v) is 6.32. The standard InChI is InChI=1S/C8H12FN/c1-6(2)7-3-4-10-5-8(7)9/h3,5-6,10H,4H2,1-2H3. The molecule has 0 aliphatic carbocycles. The number of hydrogen-bond donors (Lipinski definition) is 1. The van der Waals surface area contributed by atoms with Crippen LogP contribution in [0.2, 0.25) is 0 Å². The first-order valence-corrected chi connectivity index (χ1v) is 3.51. The SMILES string of the molecule is CC(C)C1=CCNC=C1F. The highest BCUT2D eigenvalue weighted by Gasteiger charge is 2.10. The predicted molar refractivity (Wildman–Crippen MR) is 40.1 cm³/mol. The second-order valence-electron chi connectivity index (χ2n) is 2.71. The Labute approximate surface area is 60.6 Å². The Morgan fingerprint density at radius 3 is 2.70 bits per heavy atom. The van der Waals surface area contributed by atoms with Gasteiger partial charge in [-0.05, 0) is 11.5 Å². The van der Waals surface area contributed by atoms with Crippen molar-refractivity contribution < 1.29 is 4.39 Å². The molecule has 0 aromatic heterocycles. The summed E-state index contributed by atoms with van der Waals surface area (Å²) in [6.45, 7) is 4.73. The minimum atomic E-state index is -0.124. The van der Waals surface area contributed by atoms with E-state index in [0.29, 0.717) is 5.92 Å². The number of allylic oxidation sites excluding steroid dienone is 2. The molecule has 0 aromatic carbocycles. The van der Waals surface area contributed by atoms with E-state index in [4.69, 9.17) is 0 Å². The number of halogens is 1. The van der Waals surface area contributed by atoms with Gasteiger partial charge >= 0.3 is 0 Å². The van der Waals surface area contributed by atoms with Gasteiger partial charge in [-0.3, -0.25) is 0 Å². The van der Waals surface area contributed by atoms with Crippen molar-refractivity contribution >= 4 is 0 Å². The van der Waals surface area contributed by atoms with Gasteiger partial charge in [0.1, 0.15) is 5.83 Å². The summed E-state index contributed by atoms with van der Waals surface area (Å²) in [6, 6.07) is 0. The summed E-state index contributed by atoms with van der Waals surface area (Å²) in [5.74, 6) is 0.166. The second-order valence-corrected chi connectivity index (χ2v) is 2.71. The van der Waals surface area contributed by atoms with E-state index >= 15 is 0 Å². The van der Waals surface area contributed by atoms with Gasteiger partial charge in [-0.1, -0.05) is 19.9 Å². The van der Waals surface area contributed by atoms with E-state index < -0.39 is 0 Å². The van der Waals surface area contributed by atoms with E-state index in [9.17, 15) is 4.39 Å². The molecule has 56 valence electrons. The molecular weight excluding hydrogens is 129 g/mol. The quantitative estimate of drug-likeness (QED) is 0.588. The van der Waals surface area contributed by atoms with Gasteiger partial charge < -0.3 is 5.32 Å². The van der Waals surface area contributed by atoms with Gasteiger partial charge in [0.15, 0.2) is 0 Å². The lowest BCUT2D eigenvalue weighted by Crippen LogP contribution is -2.13. The number of hydrogen-bond acceptors (Lipinski definition) is 1. The highest BCUT2D eigenvalue weighted by Crippen LogP contribution is 2.21. The third kappa shape index (κ3) is 1.38. The van der Waals surface area contributed by atoms with Crippen LogP contribution in [0, 0.1) is 5.92 Å². The van der Waals surface area contributed by atoms with Gasteiger partial charge in [-0.25, -0.2) is 4.39 Å². The van der Waals surface area contributed by atoms with Crippen LogP contribution in [0.1, 0.15) is 13.8 Å². The van der Waals surface area contributed by atoms with Crippen molar-refractivity contribution in [1.29, 1.82) is 0 Å². The van der Waals surface area contributed by atoms with Gasteiger partial charge in [-0.15, -0.1) is 0 Å². The van der Waals surface area contributed by atoms with Crippen LogP contribution in [-0.4, -0.2) is 6.54 Å². The molecule has 0 aromatic rings. The zero-order valence-electron chi connectivity index (χ0n) is 6.32. The molecular formula is C8H12FN. The Morgan fingerprint density at radius 2 is 2.30 bits per heavy atom. The van der Waals surface area contributed by atoms with Crippen LogP contribution in [0.4, 0.5) is 4.39 Å². The molecule has 0 radical (unpaired) electrons. The fourth-order valence-electron chi connectivity index (χ4n) is 1.01. The van der Waals surface area contributed by atoms with Gasteiger partial charge in [0.05, 0.1) is 0 Å². The van der Waals surface area contributed by atoms with Gasteiger partial charge in [-0.2, -0.15) is 0 Å². The molecule has 1 nitrogen and oxygen atoms in total. The molecule has 0 saturated carbocycles. The molecule has 0 bridgehead atoms. The van der Waals surface area contributed by atoms with Crippen molar-refractivity contribution in [3.63, 3.8) is 0 Å². The lowest BCUT2D eigenvalue weighted by Gasteiger charge is -2.13. The minimum Gasteiger partial charge on any atom is -0.385 e. The Kier molecular flexibility index (Phi) is 2.10. The van der Waals surface area contributed by atoms with Crippen LogP contribution < -0.4 is 5.32 Å². The first kappa shape index (κ1) is 7.32. The Morgan fingerprint density at radius 1 is 1.60 bits per heavy atom. The van der Waals surface area contributed by atoms with Crippen molar-refractivity contribution in [1.82, 2.24) is 5.32 Å². The largest absolute Gasteiger partial charge is 0.385 e. The van der Waals surface area contributed by atoms with Gasteiger partial charge in [0.25, 0.3) is 0 Å². The average molecular weight is 141 g/mol. The Hall–Kier alpha value is -0.790. The summed E-state index contributed by atoms with van der Waals surface area (Å²) in [5.41, 5.74) is 0.818. The molecule has 1 heterocycles. The lowest BCUT2D eigenvalue weighted by molar-refractivity contribution is 0.588. The molecule has 1 aliphatic rings. The fourth-order valence-corrected chi connectivity index (χ4v) is 1.01. The third-order valence-electron chi connectivity index (χ3n) is 1.57. The summed E-state index contributed by atoms with van der Waals surface area (Å²) in [6.07, 6.45) is 3.31. The van der Waals surface area contributed by atoms with Crippen LogP contribution in [0.5, 0.6) is 0 Å². The van der Waals surface area contributed by atoms with Crippen LogP contribution in [0.3, 0.4) is 0 Å². The Bertz CT molecular complexity index is 180. The normalized spacial score (nSPS) is 18.0. The minimum absolute atomic E-state index is 0.124. The topological polar surface area (TPSA) is 12.0 Å². The molecule has 2 heteroatoms. The van der Waals surface area contributed by atoms with Crippen molar-refractivity contribution in [2.24, 2.45) is 5.92 Å². The third-order valence-corrected chi connectivity index (χ3v) is 1.57. The van der Waals surface area contributed by atoms with E-state index in [-0.39, 0.29) is 5.83 Å². The predicted octanol–water partition coefficient (Wildman–Crippen LogP) is 1.98. The van der Waals surface area contributed by atoms with E-state index in [1.807, 2.05) is 19.9 Å². The van der Waals surface area contributed by atoms with Gasteiger partial charge in [0, 0.05) is 12.7 Å². The number of dihydropyridines is 1. The van der Waals surface area contributed by atoms with Crippen LogP contribution in [0.15, 0.2) is 23.7 Å².